The lowest BCUT2D eigenvalue weighted by Gasteiger charge is -2.42. The zero-order valence-corrected chi connectivity index (χ0v) is 26.0. The van der Waals surface area contributed by atoms with Gasteiger partial charge in [-0.25, -0.2) is 0 Å². The third kappa shape index (κ3) is 8.65. The molecule has 3 amide bonds. The van der Waals surface area contributed by atoms with Crippen molar-refractivity contribution in [1.82, 2.24) is 10.2 Å². The second-order valence-corrected chi connectivity index (χ2v) is 11.9. The minimum absolute atomic E-state index is 0.0354. The average Bonchev–Trinajstić information content (AvgIpc) is 2.99. The number of carbonyl (C=O) groups excluding carboxylic acids is 3. The monoisotopic (exact) mass is 588 g/mol. The molecular weight excluding hydrogens is 540 g/mol. The van der Waals surface area contributed by atoms with Gasteiger partial charge >= 0.3 is 0 Å². The van der Waals surface area contributed by atoms with Crippen molar-refractivity contribution in [2.45, 2.75) is 71.9 Å². The molecule has 3 rings (SSSR count). The van der Waals surface area contributed by atoms with Gasteiger partial charge in [-0.05, 0) is 54.4 Å². The minimum Gasteiger partial charge on any atom is -0.391 e. The molecule has 2 aromatic rings. The molecule has 0 bridgehead atoms. The summed E-state index contributed by atoms with van der Waals surface area (Å²) >= 11 is 0. The number of benzene rings is 2. The number of aliphatic hydroxyl groups excluding tert-OH is 1. The molecule has 0 spiro atoms. The molecule has 1 aliphatic rings. The van der Waals surface area contributed by atoms with Crippen molar-refractivity contribution in [3.05, 3.63) is 94.6 Å². The number of nitrogens with zero attached hydrogens (tertiary/aromatic N) is 1. The van der Waals surface area contributed by atoms with Crippen LogP contribution in [-0.2, 0) is 27.3 Å². The fraction of sp³-hybridized carbons (Fsp3) is 0.457. The number of hydrogen-bond acceptors (Lipinski definition) is 5. The summed E-state index contributed by atoms with van der Waals surface area (Å²) in [6.07, 6.45) is 3.73. The predicted octanol–water partition coefficient (Wildman–Crippen LogP) is 3.98. The Kier molecular flexibility index (Phi) is 12.3. The average molecular weight is 589 g/mol. The van der Waals surface area contributed by atoms with Gasteiger partial charge in [-0.1, -0.05) is 88.4 Å². The van der Waals surface area contributed by atoms with Gasteiger partial charge in [-0.2, -0.15) is 0 Å². The van der Waals surface area contributed by atoms with Crippen LogP contribution in [0.2, 0.25) is 0 Å². The minimum atomic E-state index is -1.53. The van der Waals surface area contributed by atoms with Crippen molar-refractivity contribution in [3.8, 4) is 0 Å². The van der Waals surface area contributed by atoms with Crippen LogP contribution >= 0.6 is 0 Å². The molecule has 8 heteroatoms. The van der Waals surface area contributed by atoms with Crippen LogP contribution in [0.15, 0.2) is 77.9 Å². The molecule has 0 fully saturated rings. The highest BCUT2D eigenvalue weighted by Crippen LogP contribution is 2.44. The third-order valence-corrected chi connectivity index (χ3v) is 8.27. The molecule has 0 heterocycles. The summed E-state index contributed by atoms with van der Waals surface area (Å²) in [5.74, 6) is -2.13. The molecule has 0 radical (unpaired) electrons. The summed E-state index contributed by atoms with van der Waals surface area (Å²) in [6.45, 7) is 9.99. The van der Waals surface area contributed by atoms with Crippen LogP contribution in [0.4, 0.5) is 0 Å². The van der Waals surface area contributed by atoms with E-state index in [1.54, 1.807) is 4.90 Å². The van der Waals surface area contributed by atoms with Crippen LogP contribution in [0.3, 0.4) is 0 Å². The number of aliphatic hydroxyl groups is 1. The van der Waals surface area contributed by atoms with Crippen LogP contribution in [-0.4, -0.2) is 53.5 Å². The van der Waals surface area contributed by atoms with Gasteiger partial charge in [0.1, 0.15) is 0 Å². The molecule has 43 heavy (non-hydrogen) atoms. The first-order valence-electron chi connectivity index (χ1n) is 15.4. The Morgan fingerprint density at radius 2 is 1.58 bits per heavy atom. The van der Waals surface area contributed by atoms with Crippen molar-refractivity contribution < 1.29 is 19.5 Å². The zero-order chi connectivity index (χ0) is 31.6. The van der Waals surface area contributed by atoms with E-state index in [-0.39, 0.29) is 24.4 Å². The second-order valence-electron chi connectivity index (χ2n) is 11.9. The molecule has 232 valence electrons. The number of amides is 3. The van der Waals surface area contributed by atoms with Gasteiger partial charge in [-0.15, -0.1) is 0 Å². The lowest BCUT2D eigenvalue weighted by molar-refractivity contribution is -0.132. The fourth-order valence-electron chi connectivity index (χ4n) is 5.90. The highest BCUT2D eigenvalue weighted by molar-refractivity contribution is 6.03. The summed E-state index contributed by atoms with van der Waals surface area (Å²) in [7, 11) is 0. The Labute approximate surface area is 256 Å². The molecule has 2 aromatic carbocycles. The molecule has 0 aromatic heterocycles. The van der Waals surface area contributed by atoms with E-state index < -0.39 is 29.3 Å². The van der Waals surface area contributed by atoms with Crippen LogP contribution in [0.5, 0.6) is 0 Å². The van der Waals surface area contributed by atoms with E-state index in [0.29, 0.717) is 37.5 Å². The van der Waals surface area contributed by atoms with Gasteiger partial charge in [0.2, 0.25) is 17.7 Å². The van der Waals surface area contributed by atoms with Crippen molar-refractivity contribution in [2.75, 3.05) is 19.6 Å². The first kappa shape index (κ1) is 33.7. The first-order chi connectivity index (χ1) is 20.5. The Bertz CT molecular complexity index is 1300. The quantitative estimate of drug-likeness (QED) is 0.235. The number of primary amides is 2. The normalized spacial score (nSPS) is 18.0. The standard InChI is InChI=1S/C35H48N4O4/c1-5-16-39(17-6-2)33(42)29-19-28(32(36)41)20-35(21-29,34(37)43)30(18-25-12-14-27(15-13-25)24(3)4)31(40)23-38-22-26-10-8-7-9-11-26/h7-15,19-20,24,30-31,38,40H,5-6,16-18,21-23H2,1-4H3,(H2,36,41)(H2,37,43)/t30-,31+,35?/m1/s1. The van der Waals surface area contributed by atoms with Crippen LogP contribution < -0.4 is 16.8 Å². The van der Waals surface area contributed by atoms with E-state index >= 15 is 0 Å². The van der Waals surface area contributed by atoms with E-state index in [0.717, 1.165) is 24.0 Å². The second kappa shape index (κ2) is 15.6. The van der Waals surface area contributed by atoms with E-state index in [1.807, 2.05) is 68.4 Å². The Balaban J connectivity index is 2.05. The van der Waals surface area contributed by atoms with Gasteiger partial charge in [0.05, 0.1) is 11.5 Å². The molecule has 8 nitrogen and oxygen atoms in total. The highest BCUT2D eigenvalue weighted by Gasteiger charge is 2.49. The van der Waals surface area contributed by atoms with Crippen LogP contribution in [0.1, 0.15) is 69.6 Å². The van der Waals surface area contributed by atoms with Crippen LogP contribution in [0, 0.1) is 11.3 Å². The van der Waals surface area contributed by atoms with Crippen molar-refractivity contribution >= 4 is 17.7 Å². The number of carbonyl (C=O) groups is 3. The van der Waals surface area contributed by atoms with Gasteiger partial charge in [0.25, 0.3) is 0 Å². The summed E-state index contributed by atoms with van der Waals surface area (Å²) in [5, 5.41) is 15.1. The van der Waals surface area contributed by atoms with Crippen molar-refractivity contribution in [1.29, 1.82) is 0 Å². The Hall–Kier alpha value is -3.75. The number of hydrogen-bond donors (Lipinski definition) is 4. The smallest absolute Gasteiger partial charge is 0.249 e. The number of nitrogens with two attached hydrogens (primary N) is 2. The van der Waals surface area contributed by atoms with E-state index in [2.05, 4.69) is 19.2 Å². The van der Waals surface area contributed by atoms with E-state index in [9.17, 15) is 19.5 Å². The van der Waals surface area contributed by atoms with E-state index in [1.165, 1.54) is 17.7 Å². The molecule has 3 atom stereocenters. The van der Waals surface area contributed by atoms with Gasteiger partial charge in [0.15, 0.2) is 0 Å². The number of rotatable bonds is 16. The third-order valence-electron chi connectivity index (χ3n) is 8.27. The van der Waals surface area contributed by atoms with Crippen LogP contribution in [0.25, 0.3) is 0 Å². The topological polar surface area (TPSA) is 139 Å². The maximum atomic E-state index is 13.8. The summed E-state index contributed by atoms with van der Waals surface area (Å²) in [5.41, 5.74) is 13.9. The number of nitrogens with one attached hydrogen (secondary N) is 1. The predicted molar refractivity (Wildman–Crippen MR) is 171 cm³/mol. The SMILES string of the molecule is CCCN(CCC)C(=O)C1=CC(C(N)=O)=CC(C(N)=O)([C@H](Cc2ccc(C(C)C)cc2)[C@@H](O)CNCc2ccccc2)C1. The summed E-state index contributed by atoms with van der Waals surface area (Å²) in [4.78, 5) is 41.7. The lowest BCUT2D eigenvalue weighted by Crippen LogP contribution is -2.52. The molecular formula is C35H48N4O4. The fourth-order valence-corrected chi connectivity index (χ4v) is 5.90. The molecule has 0 saturated carbocycles. The van der Waals surface area contributed by atoms with Crippen molar-refractivity contribution in [3.63, 3.8) is 0 Å². The maximum absolute atomic E-state index is 13.8. The Morgan fingerprint density at radius 3 is 2.12 bits per heavy atom. The highest BCUT2D eigenvalue weighted by atomic mass is 16.3. The Morgan fingerprint density at radius 1 is 0.953 bits per heavy atom. The first-order valence-corrected chi connectivity index (χ1v) is 15.4. The van der Waals surface area contributed by atoms with Gasteiger partial charge in [0, 0.05) is 43.2 Å². The molecule has 0 saturated heterocycles. The largest absolute Gasteiger partial charge is 0.391 e. The lowest BCUT2D eigenvalue weighted by atomic mass is 9.63. The zero-order valence-electron chi connectivity index (χ0n) is 26.0. The summed E-state index contributed by atoms with van der Waals surface area (Å²) in [6, 6.07) is 17.9. The maximum Gasteiger partial charge on any atom is 0.249 e. The van der Waals surface area contributed by atoms with Crippen molar-refractivity contribution in [2.24, 2.45) is 22.8 Å². The van der Waals surface area contributed by atoms with Gasteiger partial charge in [-0.3, -0.25) is 14.4 Å². The summed E-state index contributed by atoms with van der Waals surface area (Å²) < 4.78 is 0. The van der Waals surface area contributed by atoms with Gasteiger partial charge < -0.3 is 26.8 Å². The molecule has 1 aliphatic carbocycles. The molecule has 1 unspecified atom stereocenters. The van der Waals surface area contributed by atoms with E-state index in [4.69, 9.17) is 11.5 Å². The molecule has 6 N–H and O–H groups in total. The molecule has 0 aliphatic heterocycles.